The number of para-hydroxylation sites is 1. The predicted molar refractivity (Wildman–Crippen MR) is 83.8 cm³/mol. The molecule has 2 aromatic carbocycles. The normalized spacial score (nSPS) is 14.7. The molecule has 0 saturated heterocycles. The van der Waals surface area contributed by atoms with Crippen LogP contribution >= 0.6 is 0 Å². The van der Waals surface area contributed by atoms with Crippen LogP contribution in [0.15, 0.2) is 60.2 Å². The average molecular weight is 325 g/mol. The van der Waals surface area contributed by atoms with Crippen LogP contribution in [0.25, 0.3) is 15.3 Å². The molecule has 0 bridgehead atoms. The zero-order chi connectivity index (χ0) is 13.5. The molecule has 20 heavy (non-hydrogen) atoms. The van der Waals surface area contributed by atoms with Crippen LogP contribution in [0.3, 0.4) is 0 Å². The molecule has 1 aliphatic heterocycles. The molecule has 1 aromatic heterocycles. The molecule has 0 unspecified atom stereocenters. The second kappa shape index (κ2) is 4.73. The third-order valence-corrected chi connectivity index (χ3v) is 6.50. The first kappa shape index (κ1) is 12.1. The van der Waals surface area contributed by atoms with Crippen LogP contribution < -0.4 is 4.57 Å². The number of benzene rings is 2. The van der Waals surface area contributed by atoms with Gasteiger partial charge in [-0.15, -0.1) is 0 Å². The molecule has 1 aliphatic rings. The first-order chi connectivity index (χ1) is 9.84. The van der Waals surface area contributed by atoms with Crippen LogP contribution in [0.1, 0.15) is 23.5 Å². The molecule has 0 fully saturated rings. The first-order valence-corrected chi connectivity index (χ1v) is 8.73. The van der Waals surface area contributed by atoms with E-state index in [9.17, 15) is 0 Å². The van der Waals surface area contributed by atoms with E-state index in [-0.39, 0.29) is 0 Å². The monoisotopic (exact) mass is 326 g/mol. The fraction of sp³-hybridized carbons (Fsp3) is 0.167. The zero-order valence-electron chi connectivity index (χ0n) is 11.5. The third-order valence-electron chi connectivity index (χ3n) is 4.02. The summed E-state index contributed by atoms with van der Waals surface area (Å²) in [5.74, 6) is 0. The van der Waals surface area contributed by atoms with Gasteiger partial charge in [0.05, 0.1) is 0 Å². The fourth-order valence-electron chi connectivity index (χ4n) is 3.00. The van der Waals surface area contributed by atoms with Crippen molar-refractivity contribution in [2.75, 3.05) is 0 Å². The van der Waals surface area contributed by atoms with Gasteiger partial charge in [-0.3, -0.25) is 0 Å². The van der Waals surface area contributed by atoms with Gasteiger partial charge in [-0.05, 0) is 0 Å². The van der Waals surface area contributed by atoms with Gasteiger partial charge in [0.1, 0.15) is 0 Å². The molecule has 1 nitrogen and oxygen atoms in total. The molecule has 2 heteroatoms. The minimum atomic E-state index is 0.434. The van der Waals surface area contributed by atoms with Crippen molar-refractivity contribution in [3.63, 3.8) is 0 Å². The van der Waals surface area contributed by atoms with Crippen LogP contribution in [0.4, 0.5) is 0 Å². The van der Waals surface area contributed by atoms with E-state index in [1.165, 1.54) is 26.5 Å². The van der Waals surface area contributed by atoms with E-state index in [0.29, 0.717) is 14.5 Å². The number of aromatic nitrogens is 1. The summed E-state index contributed by atoms with van der Waals surface area (Å²) in [4.78, 5) is 0. The molecular weight excluding hydrogens is 309 g/mol. The second-order valence-electron chi connectivity index (χ2n) is 5.30. The van der Waals surface area contributed by atoms with Gasteiger partial charge in [-0.2, -0.15) is 0 Å². The van der Waals surface area contributed by atoms with Gasteiger partial charge in [-0.25, -0.2) is 0 Å². The Hall–Kier alpha value is -1.63. The maximum absolute atomic E-state index is 2.55. The molecule has 0 aliphatic carbocycles. The molecule has 0 N–H and O–H groups in total. The number of fused-ring (bicyclic) bond motifs is 3. The van der Waals surface area contributed by atoms with Crippen molar-refractivity contribution in [2.24, 2.45) is 0 Å². The zero-order valence-corrected chi connectivity index (χ0v) is 13.2. The van der Waals surface area contributed by atoms with Crippen molar-refractivity contribution < 1.29 is 4.57 Å². The minimum absolute atomic E-state index is 0.434. The van der Waals surface area contributed by atoms with Gasteiger partial charge in [0, 0.05) is 0 Å². The van der Waals surface area contributed by atoms with Crippen molar-refractivity contribution in [2.45, 2.75) is 19.9 Å². The number of allylic oxidation sites excluding steroid dienone is 1. The summed E-state index contributed by atoms with van der Waals surface area (Å²) in [7, 11) is 0. The van der Waals surface area contributed by atoms with Crippen molar-refractivity contribution in [1.82, 2.24) is 0 Å². The summed E-state index contributed by atoms with van der Waals surface area (Å²) in [5.41, 5.74) is 5.84. The average Bonchev–Trinajstić information content (AvgIpc) is 2.86. The predicted octanol–water partition coefficient (Wildman–Crippen LogP) is 3.41. The Bertz CT molecular complexity index is 812. The van der Waals surface area contributed by atoms with E-state index in [0.717, 1.165) is 13.0 Å². The molecule has 4 rings (SSSR count). The Morgan fingerprint density at radius 1 is 0.950 bits per heavy atom. The molecule has 0 radical (unpaired) electrons. The maximum atomic E-state index is 2.55. The summed E-state index contributed by atoms with van der Waals surface area (Å²) >= 11 is 0.434. The summed E-state index contributed by atoms with van der Waals surface area (Å²) in [6, 6.07) is 19.8. The van der Waals surface area contributed by atoms with Crippen molar-refractivity contribution in [3.05, 3.63) is 70.3 Å². The molecule has 0 saturated carbocycles. The van der Waals surface area contributed by atoms with Crippen molar-refractivity contribution in [1.29, 1.82) is 0 Å². The third kappa shape index (κ3) is 1.80. The topological polar surface area (TPSA) is 3.88 Å². The van der Waals surface area contributed by atoms with Gasteiger partial charge in [0.25, 0.3) is 0 Å². The summed E-state index contributed by atoms with van der Waals surface area (Å²) in [6.07, 6.45) is 1.16. The summed E-state index contributed by atoms with van der Waals surface area (Å²) in [6.45, 7) is 3.43. The van der Waals surface area contributed by atoms with Gasteiger partial charge in [-0.1, -0.05) is 0 Å². The molecule has 98 valence electrons. The summed E-state index contributed by atoms with van der Waals surface area (Å²) in [5, 5.41) is 0. The van der Waals surface area contributed by atoms with E-state index < -0.39 is 0 Å². The van der Waals surface area contributed by atoms with Gasteiger partial charge in [0.15, 0.2) is 0 Å². The molecule has 3 aromatic rings. The molecule has 0 spiro atoms. The Balaban J connectivity index is 2.01. The van der Waals surface area contributed by atoms with Gasteiger partial charge in [0.2, 0.25) is 0 Å². The Morgan fingerprint density at radius 3 is 2.55 bits per heavy atom. The molecular formula is C18H16NSe+. The number of nitrogens with zero attached hydrogens (tertiary/aromatic N) is 1. The van der Waals surface area contributed by atoms with E-state index in [1.54, 1.807) is 4.57 Å². The van der Waals surface area contributed by atoms with Crippen LogP contribution in [-0.2, 0) is 6.54 Å². The number of aryl methyl sites for hydroxylation is 1. The molecule has 0 atom stereocenters. The standard InChI is InChI=1S/C18H16NSe/c1-13-11-12-19-15-9-5-6-10-16(15)20-18(19)17(13)14-7-3-2-4-8-14/h2-10H,11-12H2,1H3/q+1. The van der Waals surface area contributed by atoms with Crippen LogP contribution in [0, 0.1) is 0 Å². The van der Waals surface area contributed by atoms with Crippen LogP contribution in [0.2, 0.25) is 0 Å². The van der Waals surface area contributed by atoms with Crippen molar-refractivity contribution in [3.8, 4) is 0 Å². The van der Waals surface area contributed by atoms with E-state index >= 15 is 0 Å². The van der Waals surface area contributed by atoms with Crippen LogP contribution in [0.5, 0.6) is 0 Å². The van der Waals surface area contributed by atoms with E-state index in [4.69, 9.17) is 0 Å². The van der Waals surface area contributed by atoms with Crippen molar-refractivity contribution >= 4 is 29.9 Å². The van der Waals surface area contributed by atoms with Gasteiger partial charge < -0.3 is 0 Å². The summed E-state index contributed by atoms with van der Waals surface area (Å²) < 4.78 is 5.62. The quantitative estimate of drug-likeness (QED) is 0.477. The van der Waals surface area contributed by atoms with E-state index in [1.807, 2.05) is 0 Å². The Labute approximate surface area is 124 Å². The SMILES string of the molecule is CC1=C(c2ccccc2)c2[se]c3ccccc3[n+]2CC1. The molecule has 2 heterocycles. The van der Waals surface area contributed by atoms with Crippen LogP contribution in [-0.4, -0.2) is 14.5 Å². The van der Waals surface area contributed by atoms with Gasteiger partial charge >= 0.3 is 125 Å². The first-order valence-electron chi connectivity index (χ1n) is 7.01. The molecule has 0 amide bonds. The Kier molecular flexibility index (Phi) is 2.87. The fourth-order valence-corrected chi connectivity index (χ4v) is 5.80. The Morgan fingerprint density at radius 2 is 1.70 bits per heavy atom. The number of hydrogen-bond donors (Lipinski definition) is 0. The number of hydrogen-bond acceptors (Lipinski definition) is 0. The second-order valence-corrected chi connectivity index (χ2v) is 7.46. The number of rotatable bonds is 1. The van der Waals surface area contributed by atoms with E-state index in [2.05, 4.69) is 66.1 Å².